The molecule has 0 heterocycles. The van der Waals surface area contributed by atoms with Crippen molar-refractivity contribution in [2.75, 3.05) is 0 Å². The first kappa shape index (κ1) is 25.5. The molecule has 3 aliphatic carbocycles. The molecule has 0 saturated heterocycles. The number of allylic oxidation sites excluding steroid dienone is 6. The molecule has 4 rings (SSSR count). The second-order valence-corrected chi connectivity index (χ2v) is 11.7. The Hall–Kier alpha value is -1.56. The maximum absolute atomic E-state index is 2.71. The molecule has 1 aromatic rings. The van der Waals surface area contributed by atoms with Crippen molar-refractivity contribution in [3.8, 4) is 0 Å². The summed E-state index contributed by atoms with van der Waals surface area (Å²) in [6.07, 6.45) is 32.9. The molecular formula is C34H50. The van der Waals surface area contributed by atoms with Crippen LogP contribution in [0.25, 0.3) is 5.57 Å². The fourth-order valence-corrected chi connectivity index (χ4v) is 7.19. The maximum Gasteiger partial charge on any atom is 0.0157 e. The van der Waals surface area contributed by atoms with Gasteiger partial charge in [-0.05, 0) is 67.4 Å². The molecule has 0 N–H and O–H groups in total. The van der Waals surface area contributed by atoms with Gasteiger partial charge in [-0.3, -0.25) is 0 Å². The van der Waals surface area contributed by atoms with Gasteiger partial charge in [-0.1, -0.05) is 138 Å². The van der Waals surface area contributed by atoms with E-state index >= 15 is 0 Å². The standard InChI is InChI=1S/C34H50/c1-3-5-7-9-13-29-18-22-33(23-19-29)34(32-20-16-28(17-21-32)12-6-4-2)26-24-31(25-27-34)30-14-10-8-11-15-30/h8,10-11,14-15,20,24-26,28-29,33H,3-7,9,12-13,16-19,21-23,27H2,1-2H3. The highest BCUT2D eigenvalue weighted by Gasteiger charge is 2.42. The molecule has 0 amide bonds. The van der Waals surface area contributed by atoms with Crippen LogP contribution < -0.4 is 0 Å². The van der Waals surface area contributed by atoms with Gasteiger partial charge in [0.1, 0.15) is 0 Å². The van der Waals surface area contributed by atoms with Crippen LogP contribution in [0.15, 0.2) is 60.2 Å². The lowest BCUT2D eigenvalue weighted by Gasteiger charge is -2.46. The summed E-state index contributed by atoms with van der Waals surface area (Å²) in [6.45, 7) is 4.66. The lowest BCUT2D eigenvalue weighted by atomic mass is 9.58. The van der Waals surface area contributed by atoms with Crippen molar-refractivity contribution in [1.82, 2.24) is 0 Å². The number of hydrogen-bond donors (Lipinski definition) is 0. The molecule has 0 heteroatoms. The van der Waals surface area contributed by atoms with E-state index in [-0.39, 0.29) is 0 Å². The molecule has 2 unspecified atom stereocenters. The second kappa shape index (κ2) is 12.9. The zero-order valence-electron chi connectivity index (χ0n) is 22.2. The Morgan fingerprint density at radius 1 is 0.765 bits per heavy atom. The van der Waals surface area contributed by atoms with Gasteiger partial charge in [-0.2, -0.15) is 0 Å². The summed E-state index contributed by atoms with van der Waals surface area (Å²) in [6, 6.07) is 11.0. The average molecular weight is 459 g/mol. The molecule has 1 aromatic carbocycles. The van der Waals surface area contributed by atoms with E-state index in [1.54, 1.807) is 5.57 Å². The minimum Gasteiger partial charge on any atom is -0.0842 e. The number of hydrogen-bond acceptors (Lipinski definition) is 0. The smallest absolute Gasteiger partial charge is 0.0157 e. The van der Waals surface area contributed by atoms with Gasteiger partial charge in [0.05, 0.1) is 0 Å². The van der Waals surface area contributed by atoms with Crippen LogP contribution in [0, 0.1) is 23.2 Å². The van der Waals surface area contributed by atoms with Gasteiger partial charge in [0.2, 0.25) is 0 Å². The SMILES string of the molecule is CCCCCCC1CCC(C2(C3=CCC(CCCC)CC3)C=CC(c3ccccc3)=CC2)CC1. The first-order chi connectivity index (χ1) is 16.7. The van der Waals surface area contributed by atoms with Crippen molar-refractivity contribution < 1.29 is 0 Å². The van der Waals surface area contributed by atoms with Crippen molar-refractivity contribution in [2.45, 2.75) is 117 Å². The van der Waals surface area contributed by atoms with Crippen LogP contribution in [0.1, 0.15) is 122 Å². The molecule has 186 valence electrons. The first-order valence-electron chi connectivity index (χ1n) is 14.9. The van der Waals surface area contributed by atoms with Gasteiger partial charge in [0.15, 0.2) is 0 Å². The van der Waals surface area contributed by atoms with E-state index in [2.05, 4.69) is 68.5 Å². The van der Waals surface area contributed by atoms with Crippen molar-refractivity contribution in [1.29, 1.82) is 0 Å². The zero-order chi connectivity index (χ0) is 23.6. The Kier molecular flexibility index (Phi) is 9.72. The van der Waals surface area contributed by atoms with Gasteiger partial charge in [-0.15, -0.1) is 0 Å². The van der Waals surface area contributed by atoms with Crippen LogP contribution in [0.5, 0.6) is 0 Å². The van der Waals surface area contributed by atoms with E-state index in [0.29, 0.717) is 5.41 Å². The molecule has 0 aliphatic heterocycles. The normalized spacial score (nSPS) is 29.5. The summed E-state index contributed by atoms with van der Waals surface area (Å²) in [5.41, 5.74) is 4.89. The molecule has 1 fully saturated rings. The highest BCUT2D eigenvalue weighted by molar-refractivity contribution is 5.75. The fourth-order valence-electron chi connectivity index (χ4n) is 7.19. The highest BCUT2D eigenvalue weighted by atomic mass is 14.5. The van der Waals surface area contributed by atoms with E-state index in [1.807, 2.05) is 0 Å². The van der Waals surface area contributed by atoms with Crippen molar-refractivity contribution >= 4 is 5.57 Å². The maximum atomic E-state index is 2.71. The van der Waals surface area contributed by atoms with Crippen LogP contribution in [-0.4, -0.2) is 0 Å². The quantitative estimate of drug-likeness (QED) is 0.228. The van der Waals surface area contributed by atoms with Gasteiger partial charge < -0.3 is 0 Å². The second-order valence-electron chi connectivity index (χ2n) is 11.7. The molecule has 0 bridgehead atoms. The van der Waals surface area contributed by atoms with Crippen molar-refractivity contribution in [3.05, 3.63) is 65.8 Å². The van der Waals surface area contributed by atoms with Crippen LogP contribution >= 0.6 is 0 Å². The minimum atomic E-state index is 0.293. The van der Waals surface area contributed by atoms with Crippen molar-refractivity contribution in [2.24, 2.45) is 23.2 Å². The zero-order valence-corrected chi connectivity index (χ0v) is 22.2. The van der Waals surface area contributed by atoms with E-state index < -0.39 is 0 Å². The van der Waals surface area contributed by atoms with Crippen LogP contribution in [-0.2, 0) is 0 Å². The third kappa shape index (κ3) is 6.35. The monoisotopic (exact) mass is 458 g/mol. The Labute approximate surface area is 211 Å². The number of benzene rings is 1. The summed E-state index contributed by atoms with van der Waals surface area (Å²) in [7, 11) is 0. The Morgan fingerprint density at radius 3 is 2.18 bits per heavy atom. The third-order valence-corrected chi connectivity index (χ3v) is 9.45. The summed E-state index contributed by atoms with van der Waals surface area (Å²) >= 11 is 0. The van der Waals surface area contributed by atoms with Gasteiger partial charge >= 0.3 is 0 Å². The molecular weight excluding hydrogens is 408 g/mol. The first-order valence-corrected chi connectivity index (χ1v) is 14.9. The lowest BCUT2D eigenvalue weighted by molar-refractivity contribution is 0.160. The molecule has 0 aromatic heterocycles. The van der Waals surface area contributed by atoms with Crippen molar-refractivity contribution in [3.63, 3.8) is 0 Å². The van der Waals surface area contributed by atoms with E-state index in [9.17, 15) is 0 Å². The molecule has 0 radical (unpaired) electrons. The summed E-state index contributed by atoms with van der Waals surface area (Å²) in [4.78, 5) is 0. The van der Waals surface area contributed by atoms with E-state index in [4.69, 9.17) is 0 Å². The van der Waals surface area contributed by atoms with Crippen LogP contribution in [0.4, 0.5) is 0 Å². The number of unbranched alkanes of at least 4 members (excludes halogenated alkanes) is 4. The summed E-state index contributed by atoms with van der Waals surface area (Å²) in [5, 5.41) is 0. The molecule has 0 nitrogen and oxygen atoms in total. The predicted octanol–water partition coefficient (Wildman–Crippen LogP) is 10.7. The van der Waals surface area contributed by atoms with Gasteiger partial charge in [0, 0.05) is 5.41 Å². The van der Waals surface area contributed by atoms with Gasteiger partial charge in [-0.25, -0.2) is 0 Å². The summed E-state index contributed by atoms with van der Waals surface area (Å²) in [5.74, 6) is 2.76. The Bertz CT molecular complexity index is 817. The topological polar surface area (TPSA) is 0 Å². The molecule has 2 atom stereocenters. The average Bonchev–Trinajstić information content (AvgIpc) is 2.91. The van der Waals surface area contributed by atoms with Crippen LogP contribution in [0.2, 0.25) is 0 Å². The predicted molar refractivity (Wildman–Crippen MR) is 150 cm³/mol. The van der Waals surface area contributed by atoms with Gasteiger partial charge in [0.25, 0.3) is 0 Å². The summed E-state index contributed by atoms with van der Waals surface area (Å²) < 4.78 is 0. The molecule has 34 heavy (non-hydrogen) atoms. The number of rotatable bonds is 11. The molecule has 1 saturated carbocycles. The Morgan fingerprint density at radius 2 is 1.53 bits per heavy atom. The molecule has 3 aliphatic rings. The van der Waals surface area contributed by atoms with E-state index in [1.165, 1.54) is 114 Å². The largest absolute Gasteiger partial charge is 0.0842 e. The highest BCUT2D eigenvalue weighted by Crippen LogP contribution is 2.54. The fraction of sp³-hybridized carbons (Fsp3) is 0.647. The minimum absolute atomic E-state index is 0.293. The van der Waals surface area contributed by atoms with E-state index in [0.717, 1.165) is 17.8 Å². The van der Waals surface area contributed by atoms with Crippen LogP contribution in [0.3, 0.4) is 0 Å². The lowest BCUT2D eigenvalue weighted by Crippen LogP contribution is -2.35. The molecule has 0 spiro atoms. The Balaban J connectivity index is 1.46. The third-order valence-electron chi connectivity index (χ3n) is 9.45.